The summed E-state index contributed by atoms with van der Waals surface area (Å²) in [7, 11) is 2.15. The summed E-state index contributed by atoms with van der Waals surface area (Å²) in [6, 6.07) is 17.5. The number of anilines is 1. The van der Waals surface area contributed by atoms with Crippen LogP contribution in [0.5, 0.6) is 0 Å². The highest BCUT2D eigenvalue weighted by molar-refractivity contribution is 5.48. The monoisotopic (exact) mass is 282 g/mol. The van der Waals surface area contributed by atoms with E-state index in [1.807, 2.05) is 0 Å². The molecule has 1 N–H and O–H groups in total. The predicted octanol–water partition coefficient (Wildman–Crippen LogP) is 4.13. The zero-order valence-electron chi connectivity index (χ0n) is 13.4. The van der Waals surface area contributed by atoms with E-state index in [9.17, 15) is 0 Å². The zero-order valence-corrected chi connectivity index (χ0v) is 13.4. The van der Waals surface area contributed by atoms with Crippen molar-refractivity contribution in [3.05, 3.63) is 65.2 Å². The summed E-state index contributed by atoms with van der Waals surface area (Å²) in [6.07, 6.45) is 1.18. The zero-order chi connectivity index (χ0) is 15.1. The normalized spacial score (nSPS) is 10.6. The first kappa shape index (κ1) is 15.6. The molecule has 2 aromatic rings. The lowest BCUT2D eigenvalue weighted by Crippen LogP contribution is -2.17. The van der Waals surface area contributed by atoms with E-state index in [4.69, 9.17) is 0 Å². The summed E-state index contributed by atoms with van der Waals surface area (Å²) >= 11 is 0. The second kappa shape index (κ2) is 7.84. The maximum absolute atomic E-state index is 3.46. The average molecular weight is 282 g/mol. The Kier molecular flexibility index (Phi) is 5.82. The molecule has 0 unspecified atom stereocenters. The first-order valence-corrected chi connectivity index (χ1v) is 7.75. The molecule has 0 fully saturated rings. The van der Waals surface area contributed by atoms with Crippen LogP contribution in [-0.2, 0) is 13.1 Å². The van der Waals surface area contributed by atoms with Gasteiger partial charge >= 0.3 is 0 Å². The number of hydrogen-bond acceptors (Lipinski definition) is 2. The van der Waals surface area contributed by atoms with Crippen LogP contribution in [0.4, 0.5) is 5.69 Å². The fraction of sp³-hybridized carbons (Fsp3) is 0.368. The molecule has 2 aromatic carbocycles. The van der Waals surface area contributed by atoms with Crippen LogP contribution in [0.25, 0.3) is 0 Å². The van der Waals surface area contributed by atoms with Crippen molar-refractivity contribution in [2.45, 2.75) is 33.4 Å². The Morgan fingerprint density at radius 1 is 1.00 bits per heavy atom. The Morgan fingerprint density at radius 3 is 2.52 bits per heavy atom. The van der Waals surface area contributed by atoms with E-state index < -0.39 is 0 Å². The van der Waals surface area contributed by atoms with E-state index >= 15 is 0 Å². The van der Waals surface area contributed by atoms with Crippen LogP contribution < -0.4 is 10.2 Å². The van der Waals surface area contributed by atoms with E-state index in [-0.39, 0.29) is 0 Å². The van der Waals surface area contributed by atoms with Gasteiger partial charge in [0.25, 0.3) is 0 Å². The third-order valence-electron chi connectivity index (χ3n) is 3.61. The number of nitrogens with one attached hydrogen (secondary N) is 1. The smallest absolute Gasteiger partial charge is 0.0426 e. The van der Waals surface area contributed by atoms with Gasteiger partial charge < -0.3 is 10.2 Å². The summed E-state index contributed by atoms with van der Waals surface area (Å²) < 4.78 is 0. The van der Waals surface area contributed by atoms with E-state index in [2.05, 4.69) is 79.6 Å². The summed E-state index contributed by atoms with van der Waals surface area (Å²) in [4.78, 5) is 2.30. The van der Waals surface area contributed by atoms with Gasteiger partial charge in [-0.05, 0) is 48.7 Å². The van der Waals surface area contributed by atoms with Gasteiger partial charge in [-0.3, -0.25) is 0 Å². The van der Waals surface area contributed by atoms with E-state index in [0.717, 1.165) is 19.6 Å². The second-order valence-corrected chi connectivity index (χ2v) is 5.69. The molecule has 0 bridgehead atoms. The molecule has 0 aliphatic heterocycles. The van der Waals surface area contributed by atoms with Gasteiger partial charge in [0.2, 0.25) is 0 Å². The van der Waals surface area contributed by atoms with Crippen molar-refractivity contribution in [3.8, 4) is 0 Å². The minimum absolute atomic E-state index is 0.936. The van der Waals surface area contributed by atoms with E-state index in [0.29, 0.717) is 0 Å². The molecule has 0 atom stereocenters. The highest BCUT2D eigenvalue weighted by Gasteiger charge is 2.03. The largest absolute Gasteiger partial charge is 0.370 e. The molecule has 0 aliphatic carbocycles. The quantitative estimate of drug-likeness (QED) is 0.768. The maximum atomic E-state index is 3.46. The summed E-state index contributed by atoms with van der Waals surface area (Å²) in [5.41, 5.74) is 5.29. The van der Waals surface area contributed by atoms with E-state index in [1.54, 1.807) is 0 Å². The molecule has 0 amide bonds. The number of benzene rings is 2. The highest BCUT2D eigenvalue weighted by atomic mass is 15.1. The van der Waals surface area contributed by atoms with Crippen LogP contribution in [0.2, 0.25) is 0 Å². The van der Waals surface area contributed by atoms with Crippen LogP contribution >= 0.6 is 0 Å². The molecule has 21 heavy (non-hydrogen) atoms. The summed E-state index contributed by atoms with van der Waals surface area (Å²) in [5.74, 6) is 0. The van der Waals surface area contributed by atoms with Crippen molar-refractivity contribution in [2.24, 2.45) is 0 Å². The fourth-order valence-electron chi connectivity index (χ4n) is 2.48. The molecule has 0 saturated carbocycles. The molecule has 112 valence electrons. The average Bonchev–Trinajstić information content (AvgIpc) is 2.48. The van der Waals surface area contributed by atoms with Crippen LogP contribution in [0.1, 0.15) is 30.0 Å². The Balaban J connectivity index is 2.00. The predicted molar refractivity (Wildman–Crippen MR) is 91.7 cm³/mol. The van der Waals surface area contributed by atoms with Crippen molar-refractivity contribution in [3.63, 3.8) is 0 Å². The Morgan fingerprint density at radius 2 is 1.76 bits per heavy atom. The molecular weight excluding hydrogens is 256 g/mol. The van der Waals surface area contributed by atoms with Gasteiger partial charge in [0.1, 0.15) is 0 Å². The molecule has 0 saturated heterocycles. The SMILES string of the molecule is CCCNCc1cccc(CN(C)c2cccc(C)c2)c1. The van der Waals surface area contributed by atoms with Crippen molar-refractivity contribution in [2.75, 3.05) is 18.5 Å². The topological polar surface area (TPSA) is 15.3 Å². The Hall–Kier alpha value is -1.80. The van der Waals surface area contributed by atoms with Gasteiger partial charge in [-0.2, -0.15) is 0 Å². The Labute approximate surface area is 128 Å². The molecule has 0 aliphatic rings. The number of aryl methyl sites for hydroxylation is 1. The third kappa shape index (κ3) is 4.91. The lowest BCUT2D eigenvalue weighted by Gasteiger charge is -2.20. The first-order chi connectivity index (χ1) is 10.2. The van der Waals surface area contributed by atoms with Crippen LogP contribution in [0.3, 0.4) is 0 Å². The molecule has 0 spiro atoms. The third-order valence-corrected chi connectivity index (χ3v) is 3.61. The maximum Gasteiger partial charge on any atom is 0.0426 e. The standard InChI is InChI=1S/C19H26N2/c1-4-11-20-14-17-8-6-9-18(13-17)15-21(3)19-10-5-7-16(2)12-19/h5-10,12-13,20H,4,11,14-15H2,1-3H3. The molecule has 2 nitrogen and oxygen atoms in total. The van der Waals surface area contributed by atoms with Crippen molar-refractivity contribution >= 4 is 5.69 Å². The van der Waals surface area contributed by atoms with Crippen LogP contribution in [0, 0.1) is 6.92 Å². The van der Waals surface area contributed by atoms with Gasteiger partial charge in [0.05, 0.1) is 0 Å². The fourth-order valence-corrected chi connectivity index (χ4v) is 2.48. The highest BCUT2D eigenvalue weighted by Crippen LogP contribution is 2.17. The van der Waals surface area contributed by atoms with Crippen LogP contribution in [-0.4, -0.2) is 13.6 Å². The minimum atomic E-state index is 0.936. The molecule has 2 rings (SSSR count). The van der Waals surface area contributed by atoms with Gasteiger partial charge in [0.15, 0.2) is 0 Å². The number of rotatable bonds is 7. The van der Waals surface area contributed by atoms with Crippen molar-refractivity contribution in [1.82, 2.24) is 5.32 Å². The van der Waals surface area contributed by atoms with E-state index in [1.165, 1.54) is 28.8 Å². The number of hydrogen-bond donors (Lipinski definition) is 1. The lowest BCUT2D eigenvalue weighted by atomic mass is 10.1. The summed E-state index contributed by atoms with van der Waals surface area (Å²) in [5, 5.41) is 3.46. The van der Waals surface area contributed by atoms with Crippen LogP contribution in [0.15, 0.2) is 48.5 Å². The number of nitrogens with zero attached hydrogens (tertiary/aromatic N) is 1. The molecule has 0 aromatic heterocycles. The van der Waals surface area contributed by atoms with Crippen molar-refractivity contribution in [1.29, 1.82) is 0 Å². The lowest BCUT2D eigenvalue weighted by molar-refractivity contribution is 0.675. The second-order valence-electron chi connectivity index (χ2n) is 5.69. The van der Waals surface area contributed by atoms with Gasteiger partial charge in [-0.25, -0.2) is 0 Å². The molecule has 0 radical (unpaired) electrons. The Bertz CT molecular complexity index is 563. The summed E-state index contributed by atoms with van der Waals surface area (Å²) in [6.45, 7) is 7.30. The van der Waals surface area contributed by atoms with Gasteiger partial charge in [0, 0.05) is 25.8 Å². The molecule has 2 heteroatoms. The van der Waals surface area contributed by atoms with Crippen molar-refractivity contribution < 1.29 is 0 Å². The minimum Gasteiger partial charge on any atom is -0.370 e. The molecular formula is C19H26N2. The van der Waals surface area contributed by atoms with Gasteiger partial charge in [-0.1, -0.05) is 43.3 Å². The molecule has 0 heterocycles. The first-order valence-electron chi connectivity index (χ1n) is 7.75. The van der Waals surface area contributed by atoms with Gasteiger partial charge in [-0.15, -0.1) is 0 Å².